The van der Waals surface area contributed by atoms with E-state index >= 15 is 0 Å². The van der Waals surface area contributed by atoms with Crippen LogP contribution in [0, 0.1) is 0 Å². The summed E-state index contributed by atoms with van der Waals surface area (Å²) < 4.78 is 14.7. The number of aromatic nitrogens is 1. The molecule has 0 fully saturated rings. The standard InChI is InChI=1S/C7H6Cl2N2O/c1-10-7(12)4-3-11-6(9)2-5(4)8/h2-3H,1H3,(H,10,12)/i2D,3D. The van der Waals surface area contributed by atoms with Crippen LogP contribution in [0.1, 0.15) is 13.1 Å². The molecule has 0 aliphatic rings. The van der Waals surface area contributed by atoms with Crippen molar-refractivity contribution in [2.45, 2.75) is 0 Å². The van der Waals surface area contributed by atoms with Crippen LogP contribution in [0.15, 0.2) is 12.2 Å². The Bertz CT molecular complexity index is 398. The van der Waals surface area contributed by atoms with E-state index in [1.807, 2.05) is 0 Å². The Hall–Kier alpha value is -0.800. The maximum atomic E-state index is 11.2. The van der Waals surface area contributed by atoms with E-state index in [2.05, 4.69) is 10.3 Å². The van der Waals surface area contributed by atoms with E-state index < -0.39 is 5.91 Å². The molecule has 1 aromatic rings. The number of amides is 1. The Kier molecular flexibility index (Phi) is 2.08. The molecule has 0 aliphatic heterocycles. The first-order chi connectivity index (χ1) is 6.49. The van der Waals surface area contributed by atoms with Crippen LogP contribution in [0.3, 0.4) is 0 Å². The third-order valence-corrected chi connectivity index (χ3v) is 1.61. The second-order valence-electron chi connectivity index (χ2n) is 1.91. The molecule has 0 unspecified atom stereocenters. The van der Waals surface area contributed by atoms with Crippen molar-refractivity contribution < 1.29 is 7.54 Å². The van der Waals surface area contributed by atoms with Crippen molar-refractivity contribution in [2.24, 2.45) is 0 Å². The fraction of sp³-hybridized carbons (Fsp3) is 0.143. The predicted molar refractivity (Wildman–Crippen MR) is 47.6 cm³/mol. The van der Waals surface area contributed by atoms with E-state index in [0.717, 1.165) is 0 Å². The molecule has 5 heteroatoms. The highest BCUT2D eigenvalue weighted by Gasteiger charge is 2.08. The maximum absolute atomic E-state index is 11.2. The van der Waals surface area contributed by atoms with Crippen LogP contribution < -0.4 is 5.32 Å². The van der Waals surface area contributed by atoms with Gasteiger partial charge < -0.3 is 5.32 Å². The van der Waals surface area contributed by atoms with E-state index in [4.69, 9.17) is 25.9 Å². The van der Waals surface area contributed by atoms with E-state index in [9.17, 15) is 4.79 Å². The molecule has 0 aliphatic carbocycles. The van der Waals surface area contributed by atoms with E-state index in [1.54, 1.807) is 0 Å². The minimum absolute atomic E-state index is 0.136. The highest BCUT2D eigenvalue weighted by molar-refractivity contribution is 6.36. The van der Waals surface area contributed by atoms with Gasteiger partial charge in [-0.05, 0) is 6.04 Å². The molecule has 0 bridgehead atoms. The zero-order chi connectivity index (χ0) is 10.9. The Morgan fingerprint density at radius 1 is 1.75 bits per heavy atom. The molecule has 1 heterocycles. The summed E-state index contributed by atoms with van der Waals surface area (Å²) in [5.74, 6) is -0.558. The molecule has 0 saturated carbocycles. The van der Waals surface area contributed by atoms with Crippen molar-refractivity contribution in [2.75, 3.05) is 7.05 Å². The molecule has 1 amide bonds. The van der Waals surface area contributed by atoms with Gasteiger partial charge in [-0.2, -0.15) is 0 Å². The molecule has 64 valence electrons. The van der Waals surface area contributed by atoms with E-state index in [1.165, 1.54) is 7.05 Å². The monoisotopic (exact) mass is 206 g/mol. The molecule has 12 heavy (non-hydrogen) atoms. The molecule has 1 aromatic heterocycles. The number of halogens is 2. The van der Waals surface area contributed by atoms with Gasteiger partial charge in [0, 0.05) is 13.2 Å². The first-order valence-corrected chi connectivity index (χ1v) is 3.79. The predicted octanol–water partition coefficient (Wildman–Crippen LogP) is 1.75. The topological polar surface area (TPSA) is 42.0 Å². The third kappa shape index (κ3) is 1.87. The lowest BCUT2D eigenvalue weighted by Crippen LogP contribution is -2.18. The number of hydrogen-bond donors (Lipinski definition) is 1. The molecule has 0 saturated heterocycles. The molecule has 0 spiro atoms. The van der Waals surface area contributed by atoms with Crippen LogP contribution in [-0.2, 0) is 0 Å². The summed E-state index contributed by atoms with van der Waals surface area (Å²) in [6.45, 7) is 0. The quantitative estimate of drug-likeness (QED) is 0.712. The van der Waals surface area contributed by atoms with Crippen molar-refractivity contribution >= 4 is 29.1 Å². The smallest absolute Gasteiger partial charge is 0.254 e. The number of rotatable bonds is 1. The molecular formula is C7H6Cl2N2O. The highest BCUT2D eigenvalue weighted by atomic mass is 35.5. The molecule has 0 atom stereocenters. The van der Waals surface area contributed by atoms with Crippen LogP contribution in [0.5, 0.6) is 0 Å². The van der Waals surface area contributed by atoms with Crippen molar-refractivity contribution in [3.05, 3.63) is 28.0 Å². The summed E-state index contributed by atoms with van der Waals surface area (Å²) in [5, 5.41) is 1.95. The van der Waals surface area contributed by atoms with Crippen LogP contribution in [-0.4, -0.2) is 17.9 Å². The fourth-order valence-corrected chi connectivity index (χ4v) is 1.01. The molecule has 0 radical (unpaired) electrons. The van der Waals surface area contributed by atoms with Gasteiger partial charge >= 0.3 is 0 Å². The van der Waals surface area contributed by atoms with Gasteiger partial charge in [0.15, 0.2) is 0 Å². The Morgan fingerprint density at radius 2 is 2.42 bits per heavy atom. The lowest BCUT2D eigenvalue weighted by molar-refractivity contribution is 0.0963. The molecule has 3 nitrogen and oxygen atoms in total. The van der Waals surface area contributed by atoms with Crippen molar-refractivity contribution in [3.63, 3.8) is 0 Å². The first-order valence-electron chi connectivity index (χ1n) is 4.03. The van der Waals surface area contributed by atoms with Gasteiger partial charge in [0.25, 0.3) is 5.91 Å². The minimum Gasteiger partial charge on any atom is -0.355 e. The van der Waals surface area contributed by atoms with Crippen LogP contribution >= 0.6 is 23.2 Å². The second kappa shape index (κ2) is 3.74. The van der Waals surface area contributed by atoms with Crippen LogP contribution in [0.4, 0.5) is 0 Å². The number of carbonyl (C=O) groups is 1. The summed E-state index contributed by atoms with van der Waals surface area (Å²) in [5.41, 5.74) is -0.136. The lowest BCUT2D eigenvalue weighted by atomic mass is 10.3. The Morgan fingerprint density at radius 3 is 3.00 bits per heavy atom. The summed E-state index contributed by atoms with van der Waals surface area (Å²) >= 11 is 11.2. The molecule has 1 N–H and O–H groups in total. The number of hydrogen-bond acceptors (Lipinski definition) is 2. The van der Waals surface area contributed by atoms with E-state index in [0.29, 0.717) is 0 Å². The SMILES string of the molecule is [2H]c1nc(Cl)c([2H])c(Cl)c1C(=O)NC. The van der Waals surface area contributed by atoms with Gasteiger partial charge in [0.2, 0.25) is 0 Å². The largest absolute Gasteiger partial charge is 0.355 e. The van der Waals surface area contributed by atoms with Gasteiger partial charge in [0.1, 0.15) is 5.15 Å². The van der Waals surface area contributed by atoms with Gasteiger partial charge in [-0.1, -0.05) is 23.2 Å². The average Bonchev–Trinajstić information content (AvgIpc) is 2.14. The summed E-state index contributed by atoms with van der Waals surface area (Å²) in [6, 6.07) is -0.247. The Labute approximate surface area is 82.5 Å². The highest BCUT2D eigenvalue weighted by Crippen LogP contribution is 2.17. The van der Waals surface area contributed by atoms with Crippen molar-refractivity contribution in [3.8, 4) is 0 Å². The fourth-order valence-electron chi connectivity index (χ4n) is 0.611. The first kappa shape index (κ1) is 6.69. The zero-order valence-electron chi connectivity index (χ0n) is 8.11. The average molecular weight is 207 g/mol. The van der Waals surface area contributed by atoms with Crippen molar-refractivity contribution in [1.29, 1.82) is 0 Å². The summed E-state index contributed by atoms with van der Waals surface area (Å²) in [4.78, 5) is 14.7. The molecule has 1 rings (SSSR count). The van der Waals surface area contributed by atoms with Crippen LogP contribution in [0.25, 0.3) is 0 Å². The van der Waals surface area contributed by atoms with E-state index in [-0.39, 0.29) is 28.0 Å². The summed E-state index contributed by atoms with van der Waals surface area (Å²) in [7, 11) is 1.40. The number of nitrogens with one attached hydrogen (secondary N) is 1. The third-order valence-electron chi connectivity index (χ3n) is 1.15. The molecule has 0 aromatic carbocycles. The Balaban J connectivity index is 3.44. The van der Waals surface area contributed by atoms with Gasteiger partial charge in [-0.3, -0.25) is 4.79 Å². The van der Waals surface area contributed by atoms with Crippen LogP contribution in [0.2, 0.25) is 10.2 Å². The minimum atomic E-state index is -0.558. The second-order valence-corrected chi connectivity index (χ2v) is 2.64. The maximum Gasteiger partial charge on any atom is 0.254 e. The zero-order valence-corrected chi connectivity index (χ0v) is 7.62. The van der Waals surface area contributed by atoms with Crippen molar-refractivity contribution in [1.82, 2.24) is 10.3 Å². The van der Waals surface area contributed by atoms with Gasteiger partial charge in [0.05, 0.1) is 13.3 Å². The number of nitrogens with zero attached hydrogens (tertiary/aromatic N) is 1. The normalized spacial score (nSPS) is 11.9. The lowest BCUT2D eigenvalue weighted by Gasteiger charge is -2.00. The van der Waals surface area contributed by atoms with Gasteiger partial charge in [-0.25, -0.2) is 4.98 Å². The van der Waals surface area contributed by atoms with Gasteiger partial charge in [-0.15, -0.1) is 0 Å². The number of carbonyl (C=O) groups excluding carboxylic acids is 1. The molecular weight excluding hydrogens is 199 g/mol. The summed E-state index contributed by atoms with van der Waals surface area (Å²) in [6.07, 6.45) is -0.338. The number of pyridine rings is 1.